The first-order valence-electron chi connectivity index (χ1n) is 7.36. The van der Waals surface area contributed by atoms with Gasteiger partial charge >= 0.3 is 5.97 Å². The molecule has 0 amide bonds. The number of thioether (sulfide) groups is 1. The number of carbonyl (C=O) groups excluding carboxylic acids is 1. The van der Waals surface area contributed by atoms with Gasteiger partial charge in [-0.25, -0.2) is 4.79 Å². The molecule has 2 rings (SSSR count). The summed E-state index contributed by atoms with van der Waals surface area (Å²) in [7, 11) is 0. The summed E-state index contributed by atoms with van der Waals surface area (Å²) >= 11 is 1.55. The van der Waals surface area contributed by atoms with E-state index in [9.17, 15) is 9.90 Å². The molecule has 0 aliphatic heterocycles. The Morgan fingerprint density at radius 3 is 2.52 bits per heavy atom. The molecule has 0 spiro atoms. The van der Waals surface area contributed by atoms with Gasteiger partial charge in [-0.3, -0.25) is 0 Å². The highest BCUT2D eigenvalue weighted by atomic mass is 32.2. The van der Waals surface area contributed by atoms with E-state index in [1.165, 1.54) is 0 Å². The van der Waals surface area contributed by atoms with Crippen LogP contribution in [0.3, 0.4) is 0 Å². The summed E-state index contributed by atoms with van der Waals surface area (Å²) in [5.41, 5.74) is 2.60. The van der Waals surface area contributed by atoms with Crippen LogP contribution in [0.1, 0.15) is 6.92 Å². The summed E-state index contributed by atoms with van der Waals surface area (Å²) in [6, 6.07) is 18.2. The van der Waals surface area contributed by atoms with Crippen LogP contribution in [-0.4, -0.2) is 29.5 Å². The molecule has 0 radical (unpaired) electrons. The number of hydrogen-bond acceptors (Lipinski definition) is 4. The third kappa shape index (κ3) is 5.27. The Labute approximate surface area is 141 Å². The zero-order chi connectivity index (χ0) is 16.7. The van der Waals surface area contributed by atoms with Crippen LogP contribution in [0.2, 0.25) is 0 Å². The lowest BCUT2D eigenvalue weighted by molar-refractivity contribution is -0.141. The van der Waals surface area contributed by atoms with Gasteiger partial charge < -0.3 is 9.84 Å². The third-order valence-electron chi connectivity index (χ3n) is 3.16. The Bertz CT molecular complexity index is 667. The van der Waals surface area contributed by atoms with E-state index in [2.05, 4.69) is 24.8 Å². The van der Waals surface area contributed by atoms with Gasteiger partial charge in [0, 0.05) is 16.2 Å². The van der Waals surface area contributed by atoms with Crippen LogP contribution in [0.15, 0.2) is 71.6 Å². The SMILES string of the molecule is C=C(C)C(=O)OCC(O)CSc1ccccc1-c1ccccc1. The quantitative estimate of drug-likeness (QED) is 0.475. The summed E-state index contributed by atoms with van der Waals surface area (Å²) in [4.78, 5) is 12.4. The van der Waals surface area contributed by atoms with Crippen molar-refractivity contribution in [3.63, 3.8) is 0 Å². The lowest BCUT2D eigenvalue weighted by Crippen LogP contribution is -2.21. The third-order valence-corrected chi connectivity index (χ3v) is 4.38. The van der Waals surface area contributed by atoms with Gasteiger partial charge in [0.15, 0.2) is 0 Å². The van der Waals surface area contributed by atoms with Crippen molar-refractivity contribution in [2.24, 2.45) is 0 Å². The number of aliphatic hydroxyl groups excluding tert-OH is 1. The Hall–Kier alpha value is -2.04. The molecule has 120 valence electrons. The van der Waals surface area contributed by atoms with E-state index >= 15 is 0 Å². The van der Waals surface area contributed by atoms with E-state index in [1.807, 2.05) is 36.4 Å². The fourth-order valence-corrected chi connectivity index (χ4v) is 2.96. The molecular weight excluding hydrogens is 308 g/mol. The van der Waals surface area contributed by atoms with Crippen LogP contribution in [0, 0.1) is 0 Å². The molecule has 0 saturated carbocycles. The molecule has 0 aliphatic rings. The molecule has 0 aliphatic carbocycles. The number of rotatable bonds is 7. The summed E-state index contributed by atoms with van der Waals surface area (Å²) in [6.07, 6.45) is -0.716. The molecule has 1 unspecified atom stereocenters. The highest BCUT2D eigenvalue weighted by molar-refractivity contribution is 7.99. The molecular formula is C19H20O3S. The van der Waals surface area contributed by atoms with Gasteiger partial charge in [0.25, 0.3) is 0 Å². The number of hydrogen-bond donors (Lipinski definition) is 1. The zero-order valence-electron chi connectivity index (χ0n) is 13.1. The molecule has 0 heterocycles. The number of carbonyl (C=O) groups is 1. The van der Waals surface area contributed by atoms with E-state index in [1.54, 1.807) is 18.7 Å². The van der Waals surface area contributed by atoms with Crippen LogP contribution in [0.4, 0.5) is 0 Å². The van der Waals surface area contributed by atoms with Gasteiger partial charge in [-0.05, 0) is 24.1 Å². The number of aliphatic hydroxyl groups is 1. The average Bonchev–Trinajstić information content (AvgIpc) is 2.58. The summed E-state index contributed by atoms with van der Waals surface area (Å²) in [5.74, 6) is -0.0217. The predicted molar refractivity (Wildman–Crippen MR) is 94.4 cm³/mol. The monoisotopic (exact) mass is 328 g/mol. The summed E-state index contributed by atoms with van der Waals surface area (Å²) in [5, 5.41) is 9.97. The molecule has 4 heteroatoms. The maximum Gasteiger partial charge on any atom is 0.333 e. The van der Waals surface area contributed by atoms with Crippen molar-refractivity contribution < 1.29 is 14.6 Å². The molecule has 1 atom stereocenters. The van der Waals surface area contributed by atoms with Crippen molar-refractivity contribution in [1.82, 2.24) is 0 Å². The molecule has 0 aromatic heterocycles. The van der Waals surface area contributed by atoms with Crippen LogP contribution in [0.25, 0.3) is 11.1 Å². The maximum atomic E-state index is 11.3. The van der Waals surface area contributed by atoms with Crippen LogP contribution >= 0.6 is 11.8 Å². The lowest BCUT2D eigenvalue weighted by Gasteiger charge is -2.13. The largest absolute Gasteiger partial charge is 0.460 e. The van der Waals surface area contributed by atoms with Crippen molar-refractivity contribution in [2.45, 2.75) is 17.9 Å². The Balaban J connectivity index is 1.96. The fourth-order valence-electron chi connectivity index (χ4n) is 1.98. The van der Waals surface area contributed by atoms with Crippen LogP contribution in [-0.2, 0) is 9.53 Å². The van der Waals surface area contributed by atoms with Crippen LogP contribution in [0.5, 0.6) is 0 Å². The summed E-state index contributed by atoms with van der Waals surface area (Å²) in [6.45, 7) is 5.07. The first kappa shape index (κ1) is 17.3. The molecule has 0 bridgehead atoms. The highest BCUT2D eigenvalue weighted by Gasteiger charge is 2.11. The Morgan fingerprint density at radius 2 is 1.83 bits per heavy atom. The smallest absolute Gasteiger partial charge is 0.333 e. The molecule has 0 saturated heterocycles. The van der Waals surface area contributed by atoms with Crippen LogP contribution < -0.4 is 0 Å². The second kappa shape index (κ2) is 8.56. The van der Waals surface area contributed by atoms with E-state index < -0.39 is 12.1 Å². The van der Waals surface area contributed by atoms with E-state index in [0.29, 0.717) is 11.3 Å². The molecule has 3 nitrogen and oxygen atoms in total. The molecule has 1 N–H and O–H groups in total. The van der Waals surface area contributed by atoms with Crippen molar-refractivity contribution in [2.75, 3.05) is 12.4 Å². The zero-order valence-corrected chi connectivity index (χ0v) is 13.9. The summed E-state index contributed by atoms with van der Waals surface area (Å²) < 4.78 is 4.97. The van der Waals surface area contributed by atoms with Gasteiger partial charge in [-0.15, -0.1) is 11.8 Å². The van der Waals surface area contributed by atoms with E-state index in [0.717, 1.165) is 16.0 Å². The number of ether oxygens (including phenoxy) is 1. The van der Waals surface area contributed by atoms with Gasteiger partial charge in [0.1, 0.15) is 6.61 Å². The van der Waals surface area contributed by atoms with E-state index in [-0.39, 0.29) is 6.61 Å². The topological polar surface area (TPSA) is 46.5 Å². The predicted octanol–water partition coefficient (Wildman–Crippen LogP) is 3.93. The van der Waals surface area contributed by atoms with Crippen molar-refractivity contribution >= 4 is 17.7 Å². The minimum absolute atomic E-state index is 0.0216. The standard InChI is InChI=1S/C19H20O3S/c1-14(2)19(21)22-12-16(20)13-23-18-11-7-6-10-17(18)15-8-4-3-5-9-15/h3-11,16,20H,1,12-13H2,2H3. The van der Waals surface area contributed by atoms with Gasteiger partial charge in [-0.2, -0.15) is 0 Å². The van der Waals surface area contributed by atoms with Crippen molar-refractivity contribution in [1.29, 1.82) is 0 Å². The average molecular weight is 328 g/mol. The molecule has 23 heavy (non-hydrogen) atoms. The number of benzene rings is 2. The first-order valence-corrected chi connectivity index (χ1v) is 8.34. The number of esters is 1. The van der Waals surface area contributed by atoms with Crippen molar-refractivity contribution in [3.8, 4) is 11.1 Å². The highest BCUT2D eigenvalue weighted by Crippen LogP contribution is 2.31. The first-order chi connectivity index (χ1) is 11.1. The normalized spacial score (nSPS) is 11.7. The van der Waals surface area contributed by atoms with Gasteiger partial charge in [-0.1, -0.05) is 55.1 Å². The fraction of sp³-hybridized carbons (Fsp3) is 0.211. The molecule has 2 aromatic rings. The maximum absolute atomic E-state index is 11.3. The van der Waals surface area contributed by atoms with Gasteiger partial charge in [0.05, 0.1) is 6.10 Å². The Morgan fingerprint density at radius 1 is 1.17 bits per heavy atom. The van der Waals surface area contributed by atoms with Crippen molar-refractivity contribution in [3.05, 3.63) is 66.7 Å². The second-order valence-electron chi connectivity index (χ2n) is 5.21. The van der Waals surface area contributed by atoms with Gasteiger partial charge in [0.2, 0.25) is 0 Å². The minimum Gasteiger partial charge on any atom is -0.460 e. The second-order valence-corrected chi connectivity index (χ2v) is 6.27. The molecule has 2 aromatic carbocycles. The van der Waals surface area contributed by atoms with E-state index in [4.69, 9.17) is 4.74 Å². The lowest BCUT2D eigenvalue weighted by atomic mass is 10.1. The minimum atomic E-state index is -0.716. The molecule has 0 fully saturated rings. The Kier molecular flexibility index (Phi) is 6.44.